The first-order valence-corrected chi connectivity index (χ1v) is 14.5. The molecule has 2 N–H and O–H groups in total. The molecule has 0 aliphatic rings. The van der Waals surface area contributed by atoms with Crippen molar-refractivity contribution in [3.05, 3.63) is 117 Å². The van der Waals surface area contributed by atoms with Gasteiger partial charge in [0.15, 0.2) is 0 Å². The minimum absolute atomic E-state index is 0.162. The zero-order valence-corrected chi connectivity index (χ0v) is 26.1. The third-order valence-corrected chi connectivity index (χ3v) is 7.70. The molecule has 0 fully saturated rings. The van der Waals surface area contributed by atoms with Crippen LogP contribution < -0.4 is 16.2 Å². The Kier molecular flexibility index (Phi) is 7.83. The highest BCUT2D eigenvalue weighted by atomic mass is 19.4. The van der Waals surface area contributed by atoms with Crippen LogP contribution in [0.5, 0.6) is 0 Å². The van der Waals surface area contributed by atoms with E-state index in [0.717, 1.165) is 23.4 Å². The first-order chi connectivity index (χ1) is 22.3. The maximum absolute atomic E-state index is 13.9. The molecule has 47 heavy (non-hydrogen) atoms. The van der Waals surface area contributed by atoms with E-state index in [9.17, 15) is 22.8 Å². The van der Waals surface area contributed by atoms with Gasteiger partial charge in [-0.25, -0.2) is 15.0 Å². The predicted octanol–water partition coefficient (Wildman–Crippen LogP) is 6.82. The second-order valence-corrected chi connectivity index (χ2v) is 11.3. The van der Waals surface area contributed by atoms with E-state index in [2.05, 4.69) is 30.6 Å². The van der Waals surface area contributed by atoms with Crippen molar-refractivity contribution >= 4 is 34.1 Å². The summed E-state index contributed by atoms with van der Waals surface area (Å²) >= 11 is 0. The Hall–Kier alpha value is -5.85. The molecular weight excluding hydrogens is 609 g/mol. The Morgan fingerprint density at radius 1 is 0.851 bits per heavy atom. The van der Waals surface area contributed by atoms with Crippen LogP contribution in [0.25, 0.3) is 27.8 Å². The van der Waals surface area contributed by atoms with Crippen LogP contribution in [0.2, 0.25) is 0 Å². The van der Waals surface area contributed by atoms with E-state index >= 15 is 0 Å². The van der Waals surface area contributed by atoms with Crippen LogP contribution in [-0.2, 0) is 13.2 Å². The van der Waals surface area contributed by atoms with Gasteiger partial charge in [0.2, 0.25) is 5.95 Å². The van der Waals surface area contributed by atoms with Gasteiger partial charge in [-0.2, -0.15) is 13.2 Å². The fourth-order valence-corrected chi connectivity index (χ4v) is 5.27. The van der Waals surface area contributed by atoms with Crippen LogP contribution in [0, 0.1) is 27.7 Å². The summed E-state index contributed by atoms with van der Waals surface area (Å²) in [6, 6.07) is 13.7. The number of hydrogen-bond donors (Lipinski definition) is 2. The van der Waals surface area contributed by atoms with Crippen molar-refractivity contribution in [3.8, 4) is 16.9 Å². The van der Waals surface area contributed by atoms with Gasteiger partial charge in [0.1, 0.15) is 11.3 Å². The zero-order valence-electron chi connectivity index (χ0n) is 26.1. The summed E-state index contributed by atoms with van der Waals surface area (Å²) in [7, 11) is 1.62. The molecule has 6 rings (SSSR count). The highest BCUT2D eigenvalue weighted by molar-refractivity contribution is 6.05. The van der Waals surface area contributed by atoms with Crippen molar-refractivity contribution in [2.24, 2.45) is 7.05 Å². The monoisotopic (exact) mass is 638 g/mol. The van der Waals surface area contributed by atoms with Crippen molar-refractivity contribution in [1.29, 1.82) is 0 Å². The largest absolute Gasteiger partial charge is 0.416 e. The third-order valence-electron chi connectivity index (χ3n) is 7.70. The molecule has 0 spiro atoms. The summed E-state index contributed by atoms with van der Waals surface area (Å²) in [6.45, 7) is 7.13. The Balaban J connectivity index is 1.33. The molecule has 0 radical (unpaired) electrons. The molecule has 0 saturated carbocycles. The second kappa shape index (κ2) is 11.8. The van der Waals surface area contributed by atoms with E-state index in [4.69, 9.17) is 0 Å². The number of nitrogens with one attached hydrogen (secondary N) is 2. The van der Waals surface area contributed by atoms with Gasteiger partial charge in [-0.1, -0.05) is 6.07 Å². The maximum Gasteiger partial charge on any atom is 0.416 e. The molecular formula is C34H29F3N8O2. The van der Waals surface area contributed by atoms with Gasteiger partial charge in [-0.05, 0) is 81.8 Å². The number of alkyl halides is 3. The van der Waals surface area contributed by atoms with Gasteiger partial charge >= 0.3 is 6.18 Å². The molecule has 0 bridgehead atoms. The number of fused-ring (bicyclic) bond motifs is 1. The van der Waals surface area contributed by atoms with E-state index < -0.39 is 17.6 Å². The first kappa shape index (κ1) is 31.1. The second-order valence-electron chi connectivity index (χ2n) is 11.3. The summed E-state index contributed by atoms with van der Waals surface area (Å²) in [4.78, 5) is 44.2. The van der Waals surface area contributed by atoms with Crippen molar-refractivity contribution in [1.82, 2.24) is 29.1 Å². The van der Waals surface area contributed by atoms with E-state index in [-0.39, 0.29) is 28.3 Å². The number of hydrogen-bond acceptors (Lipinski definition) is 7. The number of carbonyl (C=O) groups is 1. The van der Waals surface area contributed by atoms with Crippen LogP contribution in [0.4, 0.5) is 30.5 Å². The summed E-state index contributed by atoms with van der Waals surface area (Å²) < 4.78 is 44.5. The average Bonchev–Trinajstić information content (AvgIpc) is 3.38. The zero-order chi connectivity index (χ0) is 33.6. The van der Waals surface area contributed by atoms with Gasteiger partial charge in [0.05, 0.1) is 28.8 Å². The number of nitrogens with zero attached hydrogens (tertiary/aromatic N) is 6. The Morgan fingerprint density at radius 3 is 2.30 bits per heavy atom. The Bertz CT molecular complexity index is 2240. The van der Waals surface area contributed by atoms with Gasteiger partial charge in [-0.3, -0.25) is 14.6 Å². The molecule has 13 heteroatoms. The van der Waals surface area contributed by atoms with Crippen molar-refractivity contribution in [2.75, 3.05) is 10.6 Å². The van der Waals surface area contributed by atoms with E-state index in [1.54, 1.807) is 63.8 Å². The molecule has 0 unspecified atom stereocenters. The SMILES string of the molecule is Cc1ccc(Nc2ncc3cc(-c4cc(NC(=O)c5cc(-n6cc(C)nc6C)cc(C(F)(F)F)c5)ccc4C)n(C)c(=O)c3n2)cn1. The minimum Gasteiger partial charge on any atom is -0.323 e. The van der Waals surface area contributed by atoms with Crippen molar-refractivity contribution in [2.45, 2.75) is 33.9 Å². The molecule has 1 amide bonds. The lowest BCUT2D eigenvalue weighted by atomic mass is 10.0. The van der Waals surface area contributed by atoms with Crippen LogP contribution in [0.1, 0.15) is 38.7 Å². The third kappa shape index (κ3) is 6.32. The fraction of sp³-hybridized carbons (Fsp3) is 0.176. The number of benzene rings is 2. The molecule has 0 aliphatic heterocycles. The topological polar surface area (TPSA) is 120 Å². The lowest BCUT2D eigenvalue weighted by Crippen LogP contribution is -2.20. The number of carbonyl (C=O) groups excluding carboxylic acids is 1. The van der Waals surface area contributed by atoms with Crippen LogP contribution >= 0.6 is 0 Å². The van der Waals surface area contributed by atoms with E-state index in [0.29, 0.717) is 39.5 Å². The van der Waals surface area contributed by atoms with Crippen molar-refractivity contribution in [3.63, 3.8) is 0 Å². The molecule has 6 aromatic rings. The first-order valence-electron chi connectivity index (χ1n) is 14.5. The van der Waals surface area contributed by atoms with Gasteiger partial charge in [0.25, 0.3) is 11.5 Å². The fourth-order valence-electron chi connectivity index (χ4n) is 5.27. The molecule has 0 saturated heterocycles. The van der Waals surface area contributed by atoms with Gasteiger partial charge in [0, 0.05) is 53.0 Å². The molecule has 4 heterocycles. The van der Waals surface area contributed by atoms with E-state index in [1.807, 2.05) is 26.0 Å². The van der Waals surface area contributed by atoms with Crippen LogP contribution in [-0.4, -0.2) is 35.0 Å². The number of imidazole rings is 1. The predicted molar refractivity (Wildman–Crippen MR) is 173 cm³/mol. The number of aryl methyl sites for hydroxylation is 4. The Morgan fingerprint density at radius 2 is 1.62 bits per heavy atom. The lowest BCUT2D eigenvalue weighted by Gasteiger charge is -2.16. The summed E-state index contributed by atoms with van der Waals surface area (Å²) in [5, 5.41) is 6.28. The van der Waals surface area contributed by atoms with Gasteiger partial charge < -0.3 is 19.8 Å². The lowest BCUT2D eigenvalue weighted by molar-refractivity contribution is -0.137. The standard InChI is InChI=1S/C34H29F3N8O2/c1-18-6-8-25(41-31(46)22-10-24(34(35,36)37)13-27(11-22)45-17-20(3)40-21(45)4)14-28(18)29-12-23-15-39-33(43-30(23)32(47)44(29)5)42-26-9-7-19(2)38-16-26/h6-17H,1-5H3,(H,41,46)(H,39,42,43). The normalized spacial score (nSPS) is 11.6. The summed E-state index contributed by atoms with van der Waals surface area (Å²) in [5.74, 6) is -0.00460. The van der Waals surface area contributed by atoms with Gasteiger partial charge in [-0.15, -0.1) is 0 Å². The number of aromatic nitrogens is 6. The molecule has 2 aromatic carbocycles. The smallest absolute Gasteiger partial charge is 0.323 e. The highest BCUT2D eigenvalue weighted by Gasteiger charge is 2.32. The summed E-state index contributed by atoms with van der Waals surface area (Å²) in [6.07, 6.45) is 0.125. The minimum atomic E-state index is -4.68. The number of amides is 1. The number of pyridine rings is 2. The van der Waals surface area contributed by atoms with Crippen LogP contribution in [0.15, 0.2) is 78.0 Å². The quantitative estimate of drug-likeness (QED) is 0.205. The number of halogens is 3. The Labute approximate surface area is 267 Å². The molecule has 238 valence electrons. The molecule has 0 atom stereocenters. The molecule has 10 nitrogen and oxygen atoms in total. The van der Waals surface area contributed by atoms with Crippen molar-refractivity contribution < 1.29 is 18.0 Å². The maximum atomic E-state index is 13.9. The highest BCUT2D eigenvalue weighted by Crippen LogP contribution is 2.33. The summed E-state index contributed by atoms with van der Waals surface area (Å²) in [5.41, 5.74) is 3.33. The number of rotatable bonds is 6. The van der Waals surface area contributed by atoms with Crippen LogP contribution in [0.3, 0.4) is 0 Å². The average molecular weight is 639 g/mol. The van der Waals surface area contributed by atoms with E-state index in [1.165, 1.54) is 15.2 Å². The number of anilines is 3. The molecule has 4 aromatic heterocycles. The molecule has 0 aliphatic carbocycles.